The van der Waals surface area contributed by atoms with Crippen molar-refractivity contribution in [2.24, 2.45) is 4.99 Å². The number of anilines is 1. The molecular weight excluding hydrogens is 456 g/mol. The monoisotopic (exact) mass is 496 g/mol. The number of hydrogen-bond acceptors (Lipinski definition) is 4. The van der Waals surface area contributed by atoms with Gasteiger partial charge in [-0.25, -0.2) is 0 Å². The summed E-state index contributed by atoms with van der Waals surface area (Å²) < 4.78 is 0. The standard InChI is InChI=1S/C32H40N4O/c1-7-8-9-24(2)10-11-25(3)27(5)33-31-17-14-29(22-26(31)4)32(37)34-30-15-12-28(13-16-30)23-36-20-18-35(6)19-21-36/h10-17,22H,7,18-21,23H2,1-6H3,(H,34,37)/b24-10+,25-11+,33-27?. The quantitative estimate of drug-likeness (QED) is 0.274. The second-order valence-electron chi connectivity index (χ2n) is 9.78. The minimum Gasteiger partial charge on any atom is -0.322 e. The van der Waals surface area contributed by atoms with Crippen molar-refractivity contribution in [2.45, 2.75) is 47.6 Å². The van der Waals surface area contributed by atoms with Gasteiger partial charge in [-0.15, -0.1) is 0 Å². The lowest BCUT2D eigenvalue weighted by molar-refractivity contribution is 0.102. The van der Waals surface area contributed by atoms with E-state index in [9.17, 15) is 4.79 Å². The second kappa shape index (κ2) is 13.7. The molecule has 5 nitrogen and oxygen atoms in total. The maximum atomic E-state index is 12.9. The third-order valence-corrected chi connectivity index (χ3v) is 6.58. The van der Waals surface area contributed by atoms with E-state index >= 15 is 0 Å². The molecule has 0 spiro atoms. The number of carbonyl (C=O) groups is 1. The van der Waals surface area contributed by atoms with Crippen LogP contribution in [0.3, 0.4) is 0 Å². The topological polar surface area (TPSA) is 47.9 Å². The fraction of sp³-hybridized carbons (Fsp3) is 0.375. The highest BCUT2D eigenvalue weighted by Gasteiger charge is 2.14. The van der Waals surface area contributed by atoms with Crippen molar-refractivity contribution in [3.05, 3.63) is 82.5 Å². The molecule has 1 amide bonds. The van der Waals surface area contributed by atoms with Crippen LogP contribution in [0.4, 0.5) is 11.4 Å². The number of aliphatic imine (C=N–C) groups is 1. The summed E-state index contributed by atoms with van der Waals surface area (Å²) >= 11 is 0. The number of carbonyl (C=O) groups excluding carboxylic acids is 1. The first-order valence-electron chi connectivity index (χ1n) is 13.1. The minimum absolute atomic E-state index is 0.118. The molecule has 1 aliphatic heterocycles. The van der Waals surface area contributed by atoms with Gasteiger partial charge < -0.3 is 10.2 Å². The number of allylic oxidation sites excluding steroid dienone is 4. The van der Waals surface area contributed by atoms with Crippen LogP contribution >= 0.6 is 0 Å². The van der Waals surface area contributed by atoms with Gasteiger partial charge in [-0.2, -0.15) is 0 Å². The van der Waals surface area contributed by atoms with E-state index in [0.717, 1.165) is 72.9 Å². The van der Waals surface area contributed by atoms with Gasteiger partial charge in [0, 0.05) is 56.1 Å². The van der Waals surface area contributed by atoms with Crippen LogP contribution in [0, 0.1) is 18.8 Å². The SMILES string of the molecule is CCC#C/C(C)=C/C=C(\C)C(C)=Nc1ccc(C(=O)Nc2ccc(CN3CCN(C)CC3)cc2)cc1C. The van der Waals surface area contributed by atoms with Gasteiger partial charge >= 0.3 is 0 Å². The Labute approximate surface area is 223 Å². The van der Waals surface area contributed by atoms with Crippen LogP contribution in [0.5, 0.6) is 0 Å². The highest BCUT2D eigenvalue weighted by atomic mass is 16.1. The summed E-state index contributed by atoms with van der Waals surface area (Å²) in [6.45, 7) is 15.4. The first-order valence-corrected chi connectivity index (χ1v) is 13.1. The Balaban J connectivity index is 1.61. The van der Waals surface area contributed by atoms with Crippen LogP contribution in [-0.4, -0.2) is 54.6 Å². The van der Waals surface area contributed by atoms with Crippen molar-refractivity contribution in [3.63, 3.8) is 0 Å². The average Bonchev–Trinajstić information content (AvgIpc) is 2.89. The molecule has 5 heteroatoms. The maximum absolute atomic E-state index is 12.9. The number of rotatable bonds is 7. The first kappa shape index (κ1) is 28.1. The zero-order chi connectivity index (χ0) is 26.8. The van der Waals surface area contributed by atoms with Gasteiger partial charge in [-0.3, -0.25) is 14.7 Å². The molecule has 0 aliphatic carbocycles. The number of nitrogens with one attached hydrogen (secondary N) is 1. The van der Waals surface area contributed by atoms with Gasteiger partial charge in [0.05, 0.1) is 5.69 Å². The van der Waals surface area contributed by atoms with Gasteiger partial charge in [0.25, 0.3) is 5.91 Å². The lowest BCUT2D eigenvalue weighted by atomic mass is 10.1. The molecule has 0 aromatic heterocycles. The van der Waals surface area contributed by atoms with Crippen LogP contribution in [0.25, 0.3) is 0 Å². The number of piperazine rings is 1. The summed E-state index contributed by atoms with van der Waals surface area (Å²) in [5.74, 6) is 6.09. The summed E-state index contributed by atoms with van der Waals surface area (Å²) in [7, 11) is 2.17. The Morgan fingerprint density at radius 2 is 1.73 bits per heavy atom. The number of likely N-dealkylation sites (N-methyl/N-ethyl adjacent to an activating group) is 1. The summed E-state index contributed by atoms with van der Waals surface area (Å²) in [6, 6.07) is 13.8. The van der Waals surface area contributed by atoms with Crippen LogP contribution in [-0.2, 0) is 6.54 Å². The third-order valence-electron chi connectivity index (χ3n) is 6.58. The van der Waals surface area contributed by atoms with E-state index in [1.165, 1.54) is 5.56 Å². The first-order chi connectivity index (χ1) is 17.7. The molecule has 0 atom stereocenters. The van der Waals surface area contributed by atoms with Gasteiger partial charge in [0.1, 0.15) is 0 Å². The highest BCUT2D eigenvalue weighted by molar-refractivity contribution is 6.05. The molecule has 194 valence electrons. The van der Waals surface area contributed by atoms with Crippen molar-refractivity contribution in [1.29, 1.82) is 0 Å². The average molecular weight is 497 g/mol. The Morgan fingerprint density at radius 1 is 1.03 bits per heavy atom. The molecule has 1 aliphatic rings. The molecule has 37 heavy (non-hydrogen) atoms. The van der Waals surface area contributed by atoms with Crippen molar-refractivity contribution in [1.82, 2.24) is 9.80 Å². The lowest BCUT2D eigenvalue weighted by Crippen LogP contribution is -2.43. The molecule has 0 radical (unpaired) electrons. The molecule has 1 heterocycles. The second-order valence-corrected chi connectivity index (χ2v) is 9.78. The smallest absolute Gasteiger partial charge is 0.255 e. The Morgan fingerprint density at radius 3 is 2.38 bits per heavy atom. The number of aryl methyl sites for hydroxylation is 1. The van der Waals surface area contributed by atoms with Gasteiger partial charge in [-0.05, 0) is 87.3 Å². The Hall–Kier alpha value is -3.46. The van der Waals surface area contributed by atoms with E-state index in [1.807, 2.05) is 77.1 Å². The normalized spacial score (nSPS) is 15.8. The molecule has 2 aromatic rings. The molecule has 1 fully saturated rings. The zero-order valence-electron chi connectivity index (χ0n) is 23.2. The predicted octanol–water partition coefficient (Wildman–Crippen LogP) is 6.39. The number of amides is 1. The zero-order valence-corrected chi connectivity index (χ0v) is 23.2. The van der Waals surface area contributed by atoms with Gasteiger partial charge in [0.15, 0.2) is 0 Å². The number of benzene rings is 2. The van der Waals surface area contributed by atoms with Crippen LogP contribution < -0.4 is 5.32 Å². The van der Waals surface area contributed by atoms with Gasteiger partial charge in [-0.1, -0.05) is 43.0 Å². The molecule has 2 aromatic carbocycles. The third kappa shape index (κ3) is 8.86. The van der Waals surface area contributed by atoms with E-state index in [2.05, 4.69) is 46.1 Å². The van der Waals surface area contributed by atoms with Crippen LogP contribution in [0.1, 0.15) is 55.6 Å². The van der Waals surface area contributed by atoms with Crippen LogP contribution in [0.15, 0.2) is 70.8 Å². The Bertz CT molecular complexity index is 1230. The molecule has 0 saturated carbocycles. The molecule has 0 unspecified atom stereocenters. The van der Waals surface area contributed by atoms with E-state index in [-0.39, 0.29) is 5.91 Å². The van der Waals surface area contributed by atoms with E-state index < -0.39 is 0 Å². The maximum Gasteiger partial charge on any atom is 0.255 e. The Kier molecular flexibility index (Phi) is 10.4. The van der Waals surface area contributed by atoms with Crippen molar-refractivity contribution in [2.75, 3.05) is 38.5 Å². The molecule has 3 rings (SSSR count). The van der Waals surface area contributed by atoms with E-state index in [0.29, 0.717) is 5.56 Å². The summed E-state index contributed by atoms with van der Waals surface area (Å²) in [4.78, 5) is 22.5. The van der Waals surface area contributed by atoms with E-state index in [1.54, 1.807) is 0 Å². The summed E-state index contributed by atoms with van der Waals surface area (Å²) in [5.41, 5.74) is 7.56. The van der Waals surface area contributed by atoms with Crippen LogP contribution in [0.2, 0.25) is 0 Å². The summed E-state index contributed by atoms with van der Waals surface area (Å²) in [5, 5.41) is 3.02. The summed E-state index contributed by atoms with van der Waals surface area (Å²) in [6.07, 6.45) is 4.92. The fourth-order valence-corrected chi connectivity index (χ4v) is 3.99. The van der Waals surface area contributed by atoms with E-state index in [4.69, 9.17) is 4.99 Å². The van der Waals surface area contributed by atoms with Crippen molar-refractivity contribution >= 4 is 23.0 Å². The molecular formula is C32H40N4O. The minimum atomic E-state index is -0.118. The van der Waals surface area contributed by atoms with Gasteiger partial charge in [0.2, 0.25) is 0 Å². The van der Waals surface area contributed by atoms with Crippen molar-refractivity contribution < 1.29 is 4.79 Å². The largest absolute Gasteiger partial charge is 0.322 e. The lowest BCUT2D eigenvalue weighted by Gasteiger charge is -2.32. The highest BCUT2D eigenvalue weighted by Crippen LogP contribution is 2.22. The number of hydrogen-bond donors (Lipinski definition) is 1. The molecule has 0 bridgehead atoms. The predicted molar refractivity (Wildman–Crippen MR) is 157 cm³/mol. The fourth-order valence-electron chi connectivity index (χ4n) is 3.99. The molecule has 1 N–H and O–H groups in total. The van der Waals surface area contributed by atoms with Crippen molar-refractivity contribution in [3.8, 4) is 11.8 Å². The molecule has 1 saturated heterocycles. The number of nitrogens with zero attached hydrogens (tertiary/aromatic N) is 3.